The lowest BCUT2D eigenvalue weighted by atomic mass is 9.84. The lowest BCUT2D eigenvalue weighted by Gasteiger charge is -2.22. The molecular weight excluding hydrogens is 282 g/mol. The maximum absolute atomic E-state index is 5.63. The Morgan fingerprint density at radius 3 is 2.52 bits per heavy atom. The fraction of sp³-hybridized carbons (Fsp3) is 0.500. The Hall–Kier alpha value is -1.33. The predicted octanol–water partition coefficient (Wildman–Crippen LogP) is 3.77. The van der Waals surface area contributed by atoms with Crippen molar-refractivity contribution in [1.29, 1.82) is 0 Å². The van der Waals surface area contributed by atoms with Crippen LogP contribution >= 0.6 is 11.8 Å². The van der Waals surface area contributed by atoms with Gasteiger partial charge in [-0.25, -0.2) is 0 Å². The SMILES string of the molecule is CSc1ccc(-c2noc(CCC(C)(C)CCN)n2)cc1. The molecule has 114 valence electrons. The molecule has 0 bridgehead atoms. The van der Waals surface area contributed by atoms with Crippen LogP contribution in [0.15, 0.2) is 33.7 Å². The van der Waals surface area contributed by atoms with Crippen LogP contribution in [0.3, 0.4) is 0 Å². The number of nitrogens with zero attached hydrogens (tertiary/aromatic N) is 2. The largest absolute Gasteiger partial charge is 0.339 e. The molecule has 0 radical (unpaired) electrons. The average Bonchev–Trinajstić information content (AvgIpc) is 2.94. The number of benzene rings is 1. The quantitative estimate of drug-likeness (QED) is 0.789. The Bertz CT molecular complexity index is 563. The third-order valence-corrected chi connectivity index (χ3v) is 4.40. The van der Waals surface area contributed by atoms with Gasteiger partial charge in [-0.3, -0.25) is 0 Å². The standard InChI is InChI=1S/C16H23N3OS/c1-16(2,10-11-17)9-8-14-18-15(19-20-14)12-4-6-13(21-3)7-5-12/h4-7H,8-11,17H2,1-3H3. The fourth-order valence-electron chi connectivity index (χ4n) is 2.17. The molecule has 0 aliphatic carbocycles. The van der Waals surface area contributed by atoms with Crippen LogP contribution < -0.4 is 5.73 Å². The van der Waals surface area contributed by atoms with Gasteiger partial charge in [0.15, 0.2) is 0 Å². The highest BCUT2D eigenvalue weighted by molar-refractivity contribution is 7.98. The summed E-state index contributed by atoms with van der Waals surface area (Å²) in [5.41, 5.74) is 6.84. The molecule has 21 heavy (non-hydrogen) atoms. The Kier molecular flexibility index (Phi) is 5.42. The lowest BCUT2D eigenvalue weighted by Crippen LogP contribution is -2.17. The topological polar surface area (TPSA) is 64.9 Å². The Morgan fingerprint density at radius 1 is 1.19 bits per heavy atom. The van der Waals surface area contributed by atoms with E-state index in [4.69, 9.17) is 10.3 Å². The molecule has 0 atom stereocenters. The second-order valence-electron chi connectivity index (χ2n) is 5.94. The highest BCUT2D eigenvalue weighted by atomic mass is 32.2. The number of nitrogens with two attached hydrogens (primary N) is 1. The Labute approximate surface area is 130 Å². The predicted molar refractivity (Wildman–Crippen MR) is 87.3 cm³/mol. The zero-order valence-corrected chi connectivity index (χ0v) is 13.7. The number of thioether (sulfide) groups is 1. The zero-order valence-electron chi connectivity index (χ0n) is 12.9. The maximum atomic E-state index is 5.63. The van der Waals surface area contributed by atoms with Crippen molar-refractivity contribution in [1.82, 2.24) is 10.1 Å². The van der Waals surface area contributed by atoms with E-state index in [0.717, 1.165) is 24.8 Å². The number of hydrogen-bond donors (Lipinski definition) is 1. The van der Waals surface area contributed by atoms with Gasteiger partial charge < -0.3 is 10.3 Å². The van der Waals surface area contributed by atoms with Crippen LogP contribution in [0.1, 0.15) is 32.6 Å². The maximum Gasteiger partial charge on any atom is 0.226 e. The van der Waals surface area contributed by atoms with Gasteiger partial charge in [0.2, 0.25) is 11.7 Å². The molecule has 4 nitrogen and oxygen atoms in total. The molecule has 2 N–H and O–H groups in total. The first-order valence-corrected chi connectivity index (χ1v) is 8.43. The van der Waals surface area contributed by atoms with Gasteiger partial charge in [-0.15, -0.1) is 11.8 Å². The lowest BCUT2D eigenvalue weighted by molar-refractivity contribution is 0.289. The summed E-state index contributed by atoms with van der Waals surface area (Å²) in [4.78, 5) is 5.71. The van der Waals surface area contributed by atoms with Crippen molar-refractivity contribution in [3.05, 3.63) is 30.2 Å². The Morgan fingerprint density at radius 2 is 1.90 bits per heavy atom. The number of aryl methyl sites for hydroxylation is 1. The van der Waals surface area contributed by atoms with Crippen molar-refractivity contribution in [3.8, 4) is 11.4 Å². The molecular formula is C16H23N3OS. The summed E-state index contributed by atoms with van der Waals surface area (Å²) < 4.78 is 5.35. The molecule has 1 aromatic carbocycles. The van der Waals surface area contributed by atoms with Crippen LogP contribution in [0.2, 0.25) is 0 Å². The first-order valence-electron chi connectivity index (χ1n) is 7.21. The smallest absolute Gasteiger partial charge is 0.226 e. The van der Waals surface area contributed by atoms with Gasteiger partial charge in [0.25, 0.3) is 0 Å². The highest BCUT2D eigenvalue weighted by Crippen LogP contribution is 2.27. The van der Waals surface area contributed by atoms with Crippen LogP contribution in [0.5, 0.6) is 0 Å². The second-order valence-corrected chi connectivity index (χ2v) is 6.82. The van der Waals surface area contributed by atoms with Crippen molar-refractivity contribution in [3.63, 3.8) is 0 Å². The van der Waals surface area contributed by atoms with E-state index in [0.29, 0.717) is 18.3 Å². The summed E-state index contributed by atoms with van der Waals surface area (Å²) in [6, 6.07) is 8.19. The van der Waals surface area contributed by atoms with Gasteiger partial charge in [0, 0.05) is 16.9 Å². The van der Waals surface area contributed by atoms with E-state index < -0.39 is 0 Å². The number of rotatable bonds is 7. The van der Waals surface area contributed by atoms with Crippen molar-refractivity contribution in [2.75, 3.05) is 12.8 Å². The third kappa shape index (κ3) is 4.58. The van der Waals surface area contributed by atoms with Gasteiger partial charge in [0.05, 0.1) is 0 Å². The normalized spacial score (nSPS) is 11.8. The third-order valence-electron chi connectivity index (χ3n) is 3.65. The highest BCUT2D eigenvalue weighted by Gasteiger charge is 2.18. The summed E-state index contributed by atoms with van der Waals surface area (Å²) in [6.45, 7) is 5.15. The molecule has 0 saturated heterocycles. The summed E-state index contributed by atoms with van der Waals surface area (Å²) in [5.74, 6) is 1.36. The van der Waals surface area contributed by atoms with Crippen LogP contribution in [0, 0.1) is 5.41 Å². The van der Waals surface area contributed by atoms with Crippen molar-refractivity contribution in [2.45, 2.75) is 38.0 Å². The van der Waals surface area contributed by atoms with Crippen molar-refractivity contribution in [2.24, 2.45) is 11.1 Å². The van der Waals surface area contributed by atoms with E-state index in [1.54, 1.807) is 11.8 Å². The van der Waals surface area contributed by atoms with Gasteiger partial charge in [-0.2, -0.15) is 4.98 Å². The fourth-order valence-corrected chi connectivity index (χ4v) is 2.58. The van der Waals surface area contributed by atoms with Gasteiger partial charge in [0.1, 0.15) is 0 Å². The minimum absolute atomic E-state index is 0.212. The molecule has 0 aliphatic rings. The molecule has 1 aromatic heterocycles. The van der Waals surface area contributed by atoms with E-state index >= 15 is 0 Å². The van der Waals surface area contributed by atoms with Gasteiger partial charge >= 0.3 is 0 Å². The summed E-state index contributed by atoms with van der Waals surface area (Å²) in [6.07, 6.45) is 4.86. The minimum Gasteiger partial charge on any atom is -0.339 e. The molecule has 2 rings (SSSR count). The molecule has 2 aromatic rings. The van der Waals surface area contributed by atoms with Crippen molar-refractivity contribution < 1.29 is 4.52 Å². The minimum atomic E-state index is 0.212. The molecule has 0 spiro atoms. The molecule has 5 heteroatoms. The van der Waals surface area contributed by atoms with E-state index in [-0.39, 0.29) is 5.41 Å². The molecule has 0 unspecified atom stereocenters. The molecule has 0 amide bonds. The second kappa shape index (κ2) is 7.09. The van der Waals surface area contributed by atoms with E-state index in [9.17, 15) is 0 Å². The van der Waals surface area contributed by atoms with Crippen LogP contribution in [-0.2, 0) is 6.42 Å². The zero-order chi connectivity index (χ0) is 15.3. The van der Waals surface area contributed by atoms with E-state index in [1.165, 1.54) is 4.90 Å². The molecule has 1 heterocycles. The number of hydrogen-bond acceptors (Lipinski definition) is 5. The van der Waals surface area contributed by atoms with Crippen LogP contribution in [-0.4, -0.2) is 22.9 Å². The van der Waals surface area contributed by atoms with E-state index in [2.05, 4.69) is 42.4 Å². The summed E-state index contributed by atoms with van der Waals surface area (Å²) in [7, 11) is 0. The molecule has 0 saturated carbocycles. The number of aromatic nitrogens is 2. The van der Waals surface area contributed by atoms with Crippen molar-refractivity contribution >= 4 is 11.8 Å². The average molecular weight is 305 g/mol. The van der Waals surface area contributed by atoms with Crippen LogP contribution in [0.4, 0.5) is 0 Å². The summed E-state index contributed by atoms with van der Waals surface area (Å²) in [5, 5.41) is 4.07. The Balaban J connectivity index is 2.00. The molecule has 0 fully saturated rings. The van der Waals surface area contributed by atoms with Crippen LogP contribution in [0.25, 0.3) is 11.4 Å². The van der Waals surface area contributed by atoms with Gasteiger partial charge in [-0.05, 0) is 55.3 Å². The molecule has 0 aliphatic heterocycles. The first kappa shape index (κ1) is 16.0. The van der Waals surface area contributed by atoms with Gasteiger partial charge in [-0.1, -0.05) is 19.0 Å². The summed E-state index contributed by atoms with van der Waals surface area (Å²) >= 11 is 1.72. The monoisotopic (exact) mass is 305 g/mol. The van der Waals surface area contributed by atoms with E-state index in [1.807, 2.05) is 12.1 Å². The first-order chi connectivity index (χ1) is 10.0.